The molecule has 6 heteroatoms. The van der Waals surface area contributed by atoms with Crippen molar-refractivity contribution in [3.63, 3.8) is 0 Å². The van der Waals surface area contributed by atoms with Gasteiger partial charge in [-0.25, -0.2) is 19.8 Å². The lowest BCUT2D eigenvalue weighted by Gasteiger charge is -2.15. The van der Waals surface area contributed by atoms with Crippen LogP contribution in [0.3, 0.4) is 0 Å². The van der Waals surface area contributed by atoms with Gasteiger partial charge >= 0.3 is 0 Å². The molecule has 0 saturated carbocycles. The van der Waals surface area contributed by atoms with Gasteiger partial charge in [-0.15, -0.1) is 0 Å². The molecule has 2 rings (SSSR count). The topological polar surface area (TPSA) is 63.8 Å². The molecule has 1 unspecified atom stereocenters. The van der Waals surface area contributed by atoms with E-state index in [9.17, 15) is 4.39 Å². The second-order valence-corrected chi connectivity index (χ2v) is 4.17. The van der Waals surface area contributed by atoms with E-state index in [2.05, 4.69) is 15.4 Å². The van der Waals surface area contributed by atoms with E-state index in [4.69, 9.17) is 17.4 Å². The Labute approximate surface area is 109 Å². The number of nitrogens with one attached hydrogen (secondary N) is 1. The molecule has 4 nitrogen and oxygen atoms in total. The monoisotopic (exact) mass is 266 g/mol. The lowest BCUT2D eigenvalue weighted by atomic mass is 10.1. The Hall–Kier alpha value is -1.56. The van der Waals surface area contributed by atoms with Crippen LogP contribution in [0.4, 0.5) is 4.39 Å². The van der Waals surface area contributed by atoms with Gasteiger partial charge in [0.2, 0.25) is 0 Å². The minimum absolute atomic E-state index is 0.269. The first-order valence-corrected chi connectivity index (χ1v) is 5.75. The molecular weight excluding hydrogens is 255 g/mol. The molecule has 2 aromatic rings. The third-order valence-electron chi connectivity index (χ3n) is 2.54. The zero-order valence-corrected chi connectivity index (χ0v) is 10.2. The maximum absolute atomic E-state index is 12.9. The summed E-state index contributed by atoms with van der Waals surface area (Å²) in [6.45, 7) is 0. The smallest absolute Gasteiger partial charge is 0.146 e. The largest absolute Gasteiger partial charge is 0.271 e. The van der Waals surface area contributed by atoms with Gasteiger partial charge in [0.25, 0.3) is 0 Å². The average Bonchev–Trinajstić information content (AvgIpc) is 2.39. The molecule has 0 aliphatic rings. The van der Waals surface area contributed by atoms with Gasteiger partial charge in [-0.2, -0.15) is 0 Å². The maximum Gasteiger partial charge on any atom is 0.146 e. The first-order chi connectivity index (χ1) is 8.70. The number of aromatic nitrogens is 2. The Bertz CT molecular complexity index is 521. The van der Waals surface area contributed by atoms with Crippen molar-refractivity contribution in [3.8, 4) is 0 Å². The van der Waals surface area contributed by atoms with Gasteiger partial charge in [-0.1, -0.05) is 17.7 Å². The Morgan fingerprint density at radius 3 is 2.67 bits per heavy atom. The lowest BCUT2D eigenvalue weighted by Crippen LogP contribution is -2.31. The van der Waals surface area contributed by atoms with Crippen molar-refractivity contribution in [1.29, 1.82) is 0 Å². The number of hydrogen-bond donors (Lipinski definition) is 2. The Morgan fingerprint density at radius 1 is 1.33 bits per heavy atom. The molecular formula is C12H12ClFN4. The Balaban J connectivity index is 2.21. The summed E-state index contributed by atoms with van der Waals surface area (Å²) in [6, 6.07) is 5.72. The van der Waals surface area contributed by atoms with Gasteiger partial charge in [0.05, 0.1) is 6.04 Å². The fraction of sp³-hybridized carbons (Fsp3) is 0.167. The molecule has 18 heavy (non-hydrogen) atoms. The van der Waals surface area contributed by atoms with Gasteiger partial charge in [0.15, 0.2) is 0 Å². The predicted octanol–water partition coefficient (Wildman–Crippen LogP) is 2.02. The maximum atomic E-state index is 12.9. The van der Waals surface area contributed by atoms with Crippen LogP contribution in [0.1, 0.15) is 17.4 Å². The fourth-order valence-electron chi connectivity index (χ4n) is 1.62. The van der Waals surface area contributed by atoms with Crippen molar-refractivity contribution in [2.24, 2.45) is 5.84 Å². The van der Waals surface area contributed by atoms with Crippen molar-refractivity contribution >= 4 is 11.6 Å². The van der Waals surface area contributed by atoms with Gasteiger partial charge in [0, 0.05) is 17.4 Å². The van der Waals surface area contributed by atoms with E-state index >= 15 is 0 Å². The summed E-state index contributed by atoms with van der Waals surface area (Å²) >= 11 is 5.97. The Kier molecular flexibility index (Phi) is 4.19. The molecule has 0 spiro atoms. The number of halogens is 2. The molecule has 0 aliphatic heterocycles. The summed E-state index contributed by atoms with van der Waals surface area (Å²) in [5.41, 5.74) is 3.42. The quantitative estimate of drug-likeness (QED) is 0.656. The summed E-state index contributed by atoms with van der Waals surface area (Å²) in [7, 11) is 0. The third kappa shape index (κ3) is 3.01. The van der Waals surface area contributed by atoms with Crippen molar-refractivity contribution in [1.82, 2.24) is 15.4 Å². The molecule has 0 saturated heterocycles. The van der Waals surface area contributed by atoms with Crippen LogP contribution in [0, 0.1) is 5.82 Å². The normalized spacial score (nSPS) is 12.4. The highest BCUT2D eigenvalue weighted by atomic mass is 35.5. The van der Waals surface area contributed by atoms with Crippen LogP contribution >= 0.6 is 11.6 Å². The van der Waals surface area contributed by atoms with Crippen molar-refractivity contribution < 1.29 is 4.39 Å². The van der Waals surface area contributed by atoms with Gasteiger partial charge in [0.1, 0.15) is 11.6 Å². The minimum atomic E-state index is -0.364. The molecule has 0 amide bonds. The van der Waals surface area contributed by atoms with Crippen LogP contribution in [0.15, 0.2) is 36.7 Å². The second-order valence-electron chi connectivity index (χ2n) is 3.77. The summed E-state index contributed by atoms with van der Waals surface area (Å²) in [6.07, 6.45) is 3.76. The van der Waals surface area contributed by atoms with E-state index in [1.165, 1.54) is 12.1 Å². The lowest BCUT2D eigenvalue weighted by molar-refractivity contribution is 0.522. The third-order valence-corrected chi connectivity index (χ3v) is 2.89. The first-order valence-electron chi connectivity index (χ1n) is 5.37. The predicted molar refractivity (Wildman–Crippen MR) is 67.2 cm³/mol. The van der Waals surface area contributed by atoms with Crippen LogP contribution in [-0.4, -0.2) is 9.97 Å². The molecule has 0 aliphatic carbocycles. The highest BCUT2D eigenvalue weighted by molar-refractivity contribution is 6.31. The molecule has 0 fully saturated rings. The Morgan fingerprint density at radius 2 is 2.06 bits per heavy atom. The summed E-state index contributed by atoms with van der Waals surface area (Å²) in [4.78, 5) is 8.25. The number of rotatable bonds is 4. The molecule has 1 aromatic carbocycles. The fourth-order valence-corrected chi connectivity index (χ4v) is 1.87. The van der Waals surface area contributed by atoms with E-state index in [1.807, 2.05) is 0 Å². The highest BCUT2D eigenvalue weighted by Crippen LogP contribution is 2.22. The van der Waals surface area contributed by atoms with Gasteiger partial charge in [-0.3, -0.25) is 5.84 Å². The molecule has 1 heterocycles. The summed E-state index contributed by atoms with van der Waals surface area (Å²) in [5.74, 6) is 5.69. The van der Waals surface area contributed by atoms with E-state index in [0.717, 1.165) is 5.56 Å². The van der Waals surface area contributed by atoms with Gasteiger partial charge < -0.3 is 0 Å². The number of hydrazine groups is 1. The first kappa shape index (κ1) is 12.9. The number of nitrogens with zero attached hydrogens (tertiary/aromatic N) is 2. The molecule has 94 valence electrons. The molecule has 3 N–H and O–H groups in total. The van der Waals surface area contributed by atoms with E-state index in [-0.39, 0.29) is 11.9 Å². The summed E-state index contributed by atoms with van der Waals surface area (Å²) in [5, 5.41) is 0.367. The summed E-state index contributed by atoms with van der Waals surface area (Å²) < 4.78 is 12.9. The highest BCUT2D eigenvalue weighted by Gasteiger charge is 2.15. The van der Waals surface area contributed by atoms with E-state index < -0.39 is 0 Å². The molecule has 1 aromatic heterocycles. The standard InChI is InChI=1S/C12H12ClFN4/c13-10-7-9(14)3-2-8(10)6-11(18-15)12-16-4-1-5-17-12/h1-5,7,11,18H,6,15H2. The van der Waals surface area contributed by atoms with Crippen LogP contribution < -0.4 is 11.3 Å². The van der Waals surface area contributed by atoms with Gasteiger partial charge in [-0.05, 0) is 30.2 Å². The van der Waals surface area contributed by atoms with Crippen molar-refractivity contribution in [3.05, 3.63) is 58.9 Å². The average molecular weight is 267 g/mol. The minimum Gasteiger partial charge on any atom is -0.271 e. The van der Waals surface area contributed by atoms with E-state index in [1.54, 1.807) is 24.5 Å². The van der Waals surface area contributed by atoms with Crippen molar-refractivity contribution in [2.45, 2.75) is 12.5 Å². The van der Waals surface area contributed by atoms with Crippen LogP contribution in [0.25, 0.3) is 0 Å². The van der Waals surface area contributed by atoms with Crippen LogP contribution in [0.2, 0.25) is 5.02 Å². The van der Waals surface area contributed by atoms with Crippen molar-refractivity contribution in [2.75, 3.05) is 0 Å². The number of hydrogen-bond acceptors (Lipinski definition) is 4. The number of nitrogens with two attached hydrogens (primary N) is 1. The van der Waals surface area contributed by atoms with Crippen LogP contribution in [0.5, 0.6) is 0 Å². The SMILES string of the molecule is NNC(Cc1ccc(F)cc1Cl)c1ncccn1. The number of benzene rings is 1. The zero-order valence-electron chi connectivity index (χ0n) is 9.48. The van der Waals surface area contributed by atoms with E-state index in [0.29, 0.717) is 17.3 Å². The second kappa shape index (κ2) is 5.86. The zero-order chi connectivity index (χ0) is 13.0. The molecule has 0 radical (unpaired) electrons. The molecule has 1 atom stereocenters. The molecule has 0 bridgehead atoms. The van der Waals surface area contributed by atoms with Crippen LogP contribution in [-0.2, 0) is 6.42 Å².